The minimum atomic E-state index is -2.45. The van der Waals surface area contributed by atoms with Crippen molar-refractivity contribution in [2.24, 2.45) is 4.36 Å². The minimum Gasteiger partial charge on any atom is -0.396 e. The Morgan fingerprint density at radius 2 is 1.93 bits per heavy atom. The number of fused-ring (bicyclic) bond motifs is 2. The molecule has 0 radical (unpaired) electrons. The van der Waals surface area contributed by atoms with Gasteiger partial charge in [0.1, 0.15) is 5.82 Å². The number of benzene rings is 2. The van der Waals surface area contributed by atoms with Crippen LogP contribution in [0.4, 0.5) is 10.2 Å². The number of aromatic amines is 1. The minimum absolute atomic E-state index is 0.103. The lowest BCUT2D eigenvalue weighted by molar-refractivity contribution is 0.298. The van der Waals surface area contributed by atoms with Gasteiger partial charge in [-0.2, -0.15) is 9.46 Å². The Bertz CT molecular complexity index is 1300. The maximum Gasteiger partial charge on any atom is 0.169 e. The predicted molar refractivity (Wildman–Crippen MR) is 110 cm³/mol. The molecule has 0 bridgehead atoms. The molecule has 0 saturated heterocycles. The number of nitrogens with one attached hydrogen (secondary N) is 1. The summed E-state index contributed by atoms with van der Waals surface area (Å²) in [6, 6.07) is 10.00. The van der Waals surface area contributed by atoms with Crippen molar-refractivity contribution >= 4 is 37.2 Å². The number of aliphatic hydroxyl groups excluding tert-OH is 1. The Morgan fingerprint density at radius 3 is 2.61 bits per heavy atom. The molecule has 6 nitrogen and oxygen atoms in total. The average molecular weight is 398 g/mol. The smallest absolute Gasteiger partial charge is 0.169 e. The molecule has 8 heteroatoms. The fourth-order valence-corrected chi connectivity index (χ4v) is 3.84. The molecule has 2 N–H and O–H groups in total. The molecule has 0 aliphatic rings. The molecule has 0 fully saturated rings. The van der Waals surface area contributed by atoms with Gasteiger partial charge in [-0.25, -0.2) is 13.6 Å². The van der Waals surface area contributed by atoms with Crippen LogP contribution in [0.25, 0.3) is 32.8 Å². The molecule has 28 heavy (non-hydrogen) atoms. The van der Waals surface area contributed by atoms with Crippen LogP contribution in [0.2, 0.25) is 0 Å². The monoisotopic (exact) mass is 398 g/mol. The fraction of sp³-hybridized carbons (Fsp3) is 0.200. The van der Waals surface area contributed by atoms with Crippen LogP contribution in [0.3, 0.4) is 0 Å². The van der Waals surface area contributed by atoms with Crippen molar-refractivity contribution in [3.05, 3.63) is 54.1 Å². The van der Waals surface area contributed by atoms with Gasteiger partial charge in [0.25, 0.3) is 0 Å². The first-order valence-electron chi connectivity index (χ1n) is 8.69. The summed E-state index contributed by atoms with van der Waals surface area (Å²) in [7, 11) is -2.45. The van der Waals surface area contributed by atoms with E-state index in [1.807, 2.05) is 12.1 Å². The number of hydrogen-bond donors (Lipinski definition) is 2. The third-order valence-corrected chi connectivity index (χ3v) is 5.02. The highest BCUT2D eigenvalue weighted by Crippen LogP contribution is 2.38. The Morgan fingerprint density at radius 1 is 1.18 bits per heavy atom. The molecule has 4 aromatic rings. The molecule has 0 unspecified atom stereocenters. The van der Waals surface area contributed by atoms with E-state index in [2.05, 4.69) is 19.5 Å². The van der Waals surface area contributed by atoms with Gasteiger partial charge in [-0.15, -0.1) is 0 Å². The number of rotatable bonds is 4. The van der Waals surface area contributed by atoms with Crippen molar-refractivity contribution < 1.29 is 13.7 Å². The van der Waals surface area contributed by atoms with E-state index in [-0.39, 0.29) is 12.4 Å². The number of aromatic nitrogens is 3. The Labute approximate surface area is 161 Å². The summed E-state index contributed by atoms with van der Waals surface area (Å²) < 4.78 is 30.2. The number of pyridine rings is 1. The molecule has 4 rings (SSSR count). The molecular formula is C20H19FN4O2S. The second kappa shape index (κ2) is 6.96. The van der Waals surface area contributed by atoms with Crippen LogP contribution in [0.1, 0.15) is 5.69 Å². The highest BCUT2D eigenvalue weighted by molar-refractivity contribution is 7.92. The van der Waals surface area contributed by atoms with Crippen LogP contribution in [-0.4, -0.2) is 43.6 Å². The molecule has 0 spiro atoms. The second-order valence-electron chi connectivity index (χ2n) is 6.87. The van der Waals surface area contributed by atoms with Crippen molar-refractivity contribution in [2.45, 2.75) is 6.42 Å². The topological polar surface area (TPSA) is 91.2 Å². The zero-order chi connectivity index (χ0) is 19.9. The molecule has 2 heterocycles. The highest BCUT2D eigenvalue weighted by atomic mass is 32.2. The molecule has 0 amide bonds. The molecule has 2 aromatic carbocycles. The summed E-state index contributed by atoms with van der Waals surface area (Å²) in [4.78, 5) is 4.63. The molecule has 0 saturated carbocycles. The van der Waals surface area contributed by atoms with E-state index in [1.54, 1.807) is 30.8 Å². The summed E-state index contributed by atoms with van der Waals surface area (Å²) in [5, 5.41) is 19.0. The van der Waals surface area contributed by atoms with Crippen LogP contribution in [0, 0.1) is 5.82 Å². The van der Waals surface area contributed by atoms with Crippen LogP contribution in [0.5, 0.6) is 0 Å². The summed E-state index contributed by atoms with van der Waals surface area (Å²) in [6.07, 6.45) is 5.11. The second-order valence-corrected chi connectivity index (χ2v) is 9.41. The number of hydrogen-bond acceptors (Lipinski definition) is 5. The Balaban J connectivity index is 2.17. The molecule has 0 aliphatic carbocycles. The average Bonchev–Trinajstić information content (AvgIpc) is 3.08. The molecule has 0 atom stereocenters. The first kappa shape index (κ1) is 18.5. The third kappa shape index (κ3) is 3.48. The van der Waals surface area contributed by atoms with Crippen LogP contribution >= 0.6 is 0 Å². The SMILES string of the molecule is CS(C)(=O)=Nc1nc(CCO)c(-c2ccc(F)cc2)c2cc3cn[nH]c3cc12. The largest absolute Gasteiger partial charge is 0.396 e. The quantitative estimate of drug-likeness (QED) is 0.547. The van der Waals surface area contributed by atoms with Gasteiger partial charge in [-0.1, -0.05) is 12.1 Å². The Hall–Kier alpha value is -2.84. The number of aliphatic hydroxyl groups is 1. The molecular weight excluding hydrogens is 379 g/mol. The van der Waals surface area contributed by atoms with E-state index in [9.17, 15) is 13.7 Å². The van der Waals surface area contributed by atoms with E-state index in [0.29, 0.717) is 23.3 Å². The zero-order valence-electron chi connectivity index (χ0n) is 15.4. The predicted octanol–water partition coefficient (Wildman–Crippen LogP) is 3.81. The highest BCUT2D eigenvalue weighted by Gasteiger charge is 2.17. The van der Waals surface area contributed by atoms with Gasteiger partial charge < -0.3 is 5.11 Å². The van der Waals surface area contributed by atoms with Gasteiger partial charge in [0.15, 0.2) is 5.82 Å². The van der Waals surface area contributed by atoms with Gasteiger partial charge in [0, 0.05) is 51.6 Å². The standard InChI is InChI=1S/C20H19FN4O2S/c1-28(2,27)25-20-16-10-18-13(11-22-24-18)9-15(16)19(17(23-20)7-8-26)12-3-5-14(21)6-4-12/h3-6,9-11,26H,7-8H2,1-2H3,(H,22,24). The van der Waals surface area contributed by atoms with E-state index in [1.165, 1.54) is 12.1 Å². The molecule has 144 valence electrons. The van der Waals surface area contributed by atoms with Crippen molar-refractivity contribution in [3.63, 3.8) is 0 Å². The lowest BCUT2D eigenvalue weighted by Gasteiger charge is -2.15. The summed E-state index contributed by atoms with van der Waals surface area (Å²) in [6.45, 7) is -0.103. The van der Waals surface area contributed by atoms with Gasteiger partial charge in [-0.3, -0.25) is 5.10 Å². The van der Waals surface area contributed by atoms with Crippen LogP contribution in [-0.2, 0) is 16.1 Å². The van der Waals surface area contributed by atoms with Gasteiger partial charge in [-0.05, 0) is 35.2 Å². The zero-order valence-corrected chi connectivity index (χ0v) is 16.3. The van der Waals surface area contributed by atoms with E-state index < -0.39 is 9.73 Å². The first-order valence-corrected chi connectivity index (χ1v) is 11.0. The normalized spacial score (nSPS) is 12.0. The fourth-order valence-electron chi connectivity index (χ4n) is 3.29. The van der Waals surface area contributed by atoms with Gasteiger partial charge in [0.05, 0.1) is 17.4 Å². The Kier molecular flexibility index (Phi) is 4.60. The first-order chi connectivity index (χ1) is 13.4. The van der Waals surface area contributed by atoms with Gasteiger partial charge in [0.2, 0.25) is 0 Å². The summed E-state index contributed by atoms with van der Waals surface area (Å²) in [5.74, 6) is 0.0288. The van der Waals surface area contributed by atoms with E-state index >= 15 is 0 Å². The molecule has 0 aliphatic heterocycles. The maximum atomic E-state index is 13.5. The van der Waals surface area contributed by atoms with Crippen LogP contribution in [0.15, 0.2) is 47.0 Å². The van der Waals surface area contributed by atoms with E-state index in [4.69, 9.17) is 0 Å². The van der Waals surface area contributed by atoms with Crippen molar-refractivity contribution in [2.75, 3.05) is 19.1 Å². The van der Waals surface area contributed by atoms with E-state index in [0.717, 1.165) is 27.4 Å². The number of halogens is 1. The summed E-state index contributed by atoms with van der Waals surface area (Å²) >= 11 is 0. The van der Waals surface area contributed by atoms with Crippen molar-refractivity contribution in [1.82, 2.24) is 15.2 Å². The maximum absolute atomic E-state index is 13.5. The van der Waals surface area contributed by atoms with Gasteiger partial charge >= 0.3 is 0 Å². The van der Waals surface area contributed by atoms with Crippen molar-refractivity contribution in [3.8, 4) is 11.1 Å². The molecule has 2 aromatic heterocycles. The lowest BCUT2D eigenvalue weighted by atomic mass is 9.95. The number of nitrogens with zero attached hydrogens (tertiary/aromatic N) is 3. The number of H-pyrrole nitrogens is 1. The van der Waals surface area contributed by atoms with Crippen LogP contribution < -0.4 is 0 Å². The summed E-state index contributed by atoms with van der Waals surface area (Å²) in [5.41, 5.74) is 3.01. The lowest BCUT2D eigenvalue weighted by Crippen LogP contribution is -2.01. The third-order valence-electron chi connectivity index (χ3n) is 4.41. The van der Waals surface area contributed by atoms with Crippen molar-refractivity contribution in [1.29, 1.82) is 0 Å².